The van der Waals surface area contributed by atoms with Gasteiger partial charge in [-0.2, -0.15) is 0 Å². The van der Waals surface area contributed by atoms with Crippen LogP contribution in [0, 0.1) is 16.7 Å². The molecule has 3 saturated carbocycles. The van der Waals surface area contributed by atoms with E-state index >= 15 is 0 Å². The van der Waals surface area contributed by atoms with Crippen molar-refractivity contribution in [1.82, 2.24) is 0 Å². The summed E-state index contributed by atoms with van der Waals surface area (Å²) >= 11 is 0. The number of hydrogen-bond donors (Lipinski definition) is 0. The summed E-state index contributed by atoms with van der Waals surface area (Å²) in [6.45, 7) is 6.05. The normalized spacial score (nSPS) is 52.9. The van der Waals surface area contributed by atoms with E-state index in [-0.39, 0.29) is 24.3 Å². The first-order valence-corrected chi connectivity index (χ1v) is 7.88. The van der Waals surface area contributed by atoms with Gasteiger partial charge in [0.05, 0.1) is 11.7 Å². The zero-order valence-corrected chi connectivity index (χ0v) is 13.2. The molecule has 0 aromatic carbocycles. The Hall–Kier alpha value is -0.650. The molecule has 2 spiro atoms. The lowest BCUT2D eigenvalue weighted by Crippen LogP contribution is -2.90. The van der Waals surface area contributed by atoms with Crippen LogP contribution in [-0.4, -0.2) is 37.4 Å². The SMILES string of the molecule is COCOC1C[C@@]23C(=O)OC(C)(C)O[C@]2(C)[C@@H]2CCC[C@@]123. The fraction of sp³-hybridized carbons (Fsp3) is 0.938. The topological polar surface area (TPSA) is 54.0 Å². The van der Waals surface area contributed by atoms with Crippen LogP contribution in [-0.2, 0) is 23.7 Å². The first-order chi connectivity index (χ1) is 9.84. The number of carbonyl (C=O) groups excluding carboxylic acids is 1. The van der Waals surface area contributed by atoms with E-state index < -0.39 is 16.8 Å². The van der Waals surface area contributed by atoms with E-state index in [1.165, 1.54) is 0 Å². The average Bonchev–Trinajstić information content (AvgIpc) is 2.81. The van der Waals surface area contributed by atoms with Crippen molar-refractivity contribution in [3.05, 3.63) is 0 Å². The quantitative estimate of drug-likeness (QED) is 0.590. The number of rotatable bonds is 3. The number of hydrogen-bond acceptors (Lipinski definition) is 5. The van der Waals surface area contributed by atoms with Crippen LogP contribution in [0.1, 0.15) is 46.5 Å². The summed E-state index contributed by atoms with van der Waals surface area (Å²) < 4.78 is 22.8. The Balaban J connectivity index is 1.72. The third-order valence-electron chi connectivity index (χ3n) is 6.61. The molecule has 0 amide bonds. The maximum absolute atomic E-state index is 12.8. The van der Waals surface area contributed by atoms with Gasteiger partial charge in [0, 0.05) is 26.4 Å². The molecule has 1 saturated heterocycles. The smallest absolute Gasteiger partial charge is 0.318 e. The molecule has 5 nitrogen and oxygen atoms in total. The minimum atomic E-state index is -0.829. The van der Waals surface area contributed by atoms with Crippen molar-refractivity contribution in [3.8, 4) is 0 Å². The van der Waals surface area contributed by atoms with Crippen molar-refractivity contribution in [1.29, 1.82) is 0 Å². The zero-order valence-electron chi connectivity index (χ0n) is 13.2. The van der Waals surface area contributed by atoms with E-state index in [1.807, 2.05) is 13.8 Å². The molecule has 1 heterocycles. The van der Waals surface area contributed by atoms with Crippen molar-refractivity contribution in [2.45, 2.75) is 63.9 Å². The van der Waals surface area contributed by atoms with Gasteiger partial charge in [-0.05, 0) is 32.1 Å². The van der Waals surface area contributed by atoms with Gasteiger partial charge in [-0.15, -0.1) is 0 Å². The second kappa shape index (κ2) is 3.81. The van der Waals surface area contributed by atoms with Crippen LogP contribution in [0.2, 0.25) is 0 Å². The van der Waals surface area contributed by atoms with Gasteiger partial charge in [0.15, 0.2) is 0 Å². The standard InChI is InChI=1S/C16H24O5/c1-13(2)20-12(17)16-8-11(19-9-18-4)15(16)7-5-6-10(15)14(16,3)21-13/h10-11H,5-9H2,1-4H3/t10-,11?,14+,15-,16+/m0/s1. The summed E-state index contributed by atoms with van der Waals surface area (Å²) in [6.07, 6.45) is 4.05. The molecule has 118 valence electrons. The van der Waals surface area contributed by atoms with Gasteiger partial charge in [0.1, 0.15) is 12.2 Å². The Morgan fingerprint density at radius 3 is 2.81 bits per heavy atom. The van der Waals surface area contributed by atoms with E-state index in [1.54, 1.807) is 7.11 Å². The van der Waals surface area contributed by atoms with Gasteiger partial charge in [0.2, 0.25) is 5.79 Å². The van der Waals surface area contributed by atoms with Crippen LogP contribution in [0.3, 0.4) is 0 Å². The molecule has 5 heteroatoms. The molecule has 4 aliphatic rings. The Morgan fingerprint density at radius 2 is 2.10 bits per heavy atom. The highest BCUT2D eigenvalue weighted by atomic mass is 16.7. The first kappa shape index (κ1) is 14.0. The number of esters is 1. The maximum Gasteiger partial charge on any atom is 0.318 e. The summed E-state index contributed by atoms with van der Waals surface area (Å²) in [5.74, 6) is -0.533. The summed E-state index contributed by atoms with van der Waals surface area (Å²) in [4.78, 5) is 12.8. The Morgan fingerprint density at radius 1 is 1.33 bits per heavy atom. The highest BCUT2D eigenvalue weighted by molar-refractivity contribution is 5.85. The molecule has 0 radical (unpaired) electrons. The summed E-state index contributed by atoms with van der Waals surface area (Å²) in [5, 5.41) is 0. The van der Waals surface area contributed by atoms with Crippen molar-refractivity contribution >= 4 is 5.97 Å². The number of cyclic esters (lactones) is 1. The van der Waals surface area contributed by atoms with E-state index in [0.717, 1.165) is 19.3 Å². The lowest BCUT2D eigenvalue weighted by Gasteiger charge is -2.81. The Kier molecular flexibility index (Phi) is 2.54. The van der Waals surface area contributed by atoms with Gasteiger partial charge in [0.25, 0.3) is 0 Å². The van der Waals surface area contributed by atoms with E-state index in [9.17, 15) is 4.79 Å². The first-order valence-electron chi connectivity index (χ1n) is 7.88. The molecule has 4 fully saturated rings. The molecule has 0 N–H and O–H groups in total. The summed E-state index contributed by atoms with van der Waals surface area (Å²) in [7, 11) is 1.63. The third kappa shape index (κ3) is 1.25. The lowest BCUT2D eigenvalue weighted by atomic mass is 9.26. The second-order valence-electron chi connectivity index (χ2n) is 7.65. The third-order valence-corrected chi connectivity index (χ3v) is 6.61. The number of fused-ring (bicyclic) bond motifs is 1. The van der Waals surface area contributed by atoms with Crippen molar-refractivity contribution in [2.75, 3.05) is 13.9 Å². The van der Waals surface area contributed by atoms with Crippen LogP contribution in [0.5, 0.6) is 0 Å². The molecular formula is C16H24O5. The molecule has 5 atom stereocenters. The molecule has 3 aliphatic carbocycles. The lowest BCUT2D eigenvalue weighted by molar-refractivity contribution is -0.463. The van der Waals surface area contributed by atoms with Crippen molar-refractivity contribution in [2.24, 2.45) is 16.7 Å². The Labute approximate surface area is 125 Å². The van der Waals surface area contributed by atoms with Crippen LogP contribution < -0.4 is 0 Å². The average molecular weight is 296 g/mol. The van der Waals surface area contributed by atoms with Crippen LogP contribution in [0.4, 0.5) is 0 Å². The second-order valence-corrected chi connectivity index (χ2v) is 7.65. The van der Waals surface area contributed by atoms with Gasteiger partial charge < -0.3 is 18.9 Å². The summed E-state index contributed by atoms with van der Waals surface area (Å²) in [6, 6.07) is 0. The number of carbonyl (C=O) groups is 1. The number of ether oxygens (including phenoxy) is 4. The zero-order chi connectivity index (χ0) is 15.1. The molecule has 0 aromatic rings. The van der Waals surface area contributed by atoms with Crippen molar-refractivity contribution in [3.63, 3.8) is 0 Å². The largest absolute Gasteiger partial charge is 0.433 e. The molecule has 1 unspecified atom stereocenters. The monoisotopic (exact) mass is 296 g/mol. The Bertz CT molecular complexity index is 503. The minimum Gasteiger partial charge on any atom is -0.433 e. The van der Waals surface area contributed by atoms with Gasteiger partial charge in [-0.1, -0.05) is 6.42 Å². The fourth-order valence-electron chi connectivity index (χ4n) is 6.21. The fourth-order valence-corrected chi connectivity index (χ4v) is 6.21. The maximum atomic E-state index is 12.8. The highest BCUT2D eigenvalue weighted by Gasteiger charge is 2.93. The number of methoxy groups -OCH3 is 1. The van der Waals surface area contributed by atoms with Crippen LogP contribution in [0.25, 0.3) is 0 Å². The van der Waals surface area contributed by atoms with E-state index in [0.29, 0.717) is 12.3 Å². The molecule has 1 aliphatic heterocycles. The molecule has 21 heavy (non-hydrogen) atoms. The van der Waals surface area contributed by atoms with Crippen molar-refractivity contribution < 1.29 is 23.7 Å². The summed E-state index contributed by atoms with van der Waals surface area (Å²) in [5.41, 5.74) is -1.00. The predicted octanol–water partition coefficient (Wildman–Crippen LogP) is 2.23. The molecular weight excluding hydrogens is 272 g/mol. The molecule has 4 rings (SSSR count). The van der Waals surface area contributed by atoms with Crippen LogP contribution in [0.15, 0.2) is 0 Å². The van der Waals surface area contributed by atoms with Gasteiger partial charge in [-0.25, -0.2) is 0 Å². The van der Waals surface area contributed by atoms with E-state index in [2.05, 4.69) is 6.92 Å². The van der Waals surface area contributed by atoms with Gasteiger partial charge in [-0.3, -0.25) is 4.79 Å². The van der Waals surface area contributed by atoms with Crippen LogP contribution >= 0.6 is 0 Å². The molecule has 0 aromatic heterocycles. The highest BCUT2D eigenvalue weighted by Crippen LogP contribution is 2.85. The minimum absolute atomic E-state index is 0.0864. The predicted molar refractivity (Wildman–Crippen MR) is 73.2 cm³/mol. The molecule has 0 bridgehead atoms. The van der Waals surface area contributed by atoms with E-state index in [4.69, 9.17) is 18.9 Å². The van der Waals surface area contributed by atoms with Gasteiger partial charge >= 0.3 is 5.97 Å².